The van der Waals surface area contributed by atoms with Crippen molar-refractivity contribution in [2.45, 2.75) is 25.0 Å². The van der Waals surface area contributed by atoms with Gasteiger partial charge in [-0.2, -0.15) is 5.10 Å². The van der Waals surface area contributed by atoms with Crippen LogP contribution in [-0.4, -0.2) is 39.9 Å². The molecule has 3 N–H and O–H groups in total. The minimum atomic E-state index is -0.475. The number of carbonyl (C=O) groups is 1. The second-order valence-electron chi connectivity index (χ2n) is 9.02. The minimum Gasteiger partial charge on any atom is -0.492 e. The van der Waals surface area contributed by atoms with Crippen molar-refractivity contribution in [3.8, 4) is 22.6 Å². The van der Waals surface area contributed by atoms with E-state index in [1.54, 1.807) is 17.1 Å². The third kappa shape index (κ3) is 5.55. The van der Waals surface area contributed by atoms with E-state index in [0.717, 1.165) is 40.3 Å². The van der Waals surface area contributed by atoms with E-state index >= 15 is 0 Å². The first-order valence-electron chi connectivity index (χ1n) is 12.0. The van der Waals surface area contributed by atoms with Crippen LogP contribution < -0.4 is 20.5 Å². The van der Waals surface area contributed by atoms with Gasteiger partial charge in [0.25, 0.3) is 5.91 Å². The second kappa shape index (κ2) is 10.6. The Hall–Kier alpha value is -4.17. The van der Waals surface area contributed by atoms with Crippen LogP contribution in [0.3, 0.4) is 0 Å². The van der Waals surface area contributed by atoms with E-state index in [1.807, 2.05) is 73.9 Å². The maximum Gasteiger partial charge on any atom is 0.250 e. The molecular formula is C28H29N5O3. The number of hydrogen-bond donors (Lipinski definition) is 2. The lowest BCUT2D eigenvalue weighted by atomic mass is 9.95. The zero-order valence-corrected chi connectivity index (χ0v) is 20.1. The number of rotatable bonds is 9. The topological polar surface area (TPSA) is 104 Å². The van der Waals surface area contributed by atoms with Gasteiger partial charge in [0.15, 0.2) is 0 Å². The molecule has 0 saturated carbocycles. The van der Waals surface area contributed by atoms with Gasteiger partial charge in [0, 0.05) is 49.1 Å². The van der Waals surface area contributed by atoms with E-state index in [-0.39, 0.29) is 12.0 Å². The highest BCUT2D eigenvalue weighted by Crippen LogP contribution is 2.30. The highest BCUT2D eigenvalue weighted by atomic mass is 16.5. The van der Waals surface area contributed by atoms with E-state index in [0.29, 0.717) is 25.3 Å². The molecule has 3 heterocycles. The first kappa shape index (κ1) is 23.6. The van der Waals surface area contributed by atoms with Gasteiger partial charge in [-0.15, -0.1) is 0 Å². The Labute approximate surface area is 210 Å². The van der Waals surface area contributed by atoms with E-state index in [9.17, 15) is 4.79 Å². The Balaban J connectivity index is 1.16. The van der Waals surface area contributed by atoms with E-state index < -0.39 is 5.91 Å². The van der Waals surface area contributed by atoms with Crippen LogP contribution in [0.5, 0.6) is 11.5 Å². The van der Waals surface area contributed by atoms with Gasteiger partial charge >= 0.3 is 0 Å². The Morgan fingerprint density at radius 2 is 1.81 bits per heavy atom. The number of benzene rings is 2. The molecule has 0 aliphatic carbocycles. The van der Waals surface area contributed by atoms with Crippen molar-refractivity contribution in [1.82, 2.24) is 20.1 Å². The van der Waals surface area contributed by atoms with E-state index in [1.165, 1.54) is 0 Å². The third-order valence-corrected chi connectivity index (χ3v) is 6.35. The van der Waals surface area contributed by atoms with Crippen molar-refractivity contribution in [2.24, 2.45) is 12.8 Å². The number of nitrogens with two attached hydrogens (primary N) is 1. The number of ether oxygens (including phenoxy) is 2. The number of aryl methyl sites for hydroxylation is 1. The third-order valence-electron chi connectivity index (χ3n) is 6.35. The van der Waals surface area contributed by atoms with Crippen LogP contribution in [0.15, 0.2) is 79.3 Å². The predicted molar refractivity (Wildman–Crippen MR) is 137 cm³/mol. The van der Waals surface area contributed by atoms with Gasteiger partial charge < -0.3 is 20.5 Å². The molecule has 1 amide bonds. The Morgan fingerprint density at radius 1 is 1.06 bits per heavy atom. The van der Waals surface area contributed by atoms with Gasteiger partial charge in [-0.05, 0) is 42.3 Å². The van der Waals surface area contributed by atoms with Gasteiger partial charge in [-0.1, -0.05) is 30.3 Å². The molecule has 4 aromatic rings. The molecule has 184 valence electrons. The summed E-state index contributed by atoms with van der Waals surface area (Å²) in [5, 5.41) is 7.68. The second-order valence-corrected chi connectivity index (χ2v) is 9.02. The van der Waals surface area contributed by atoms with Crippen molar-refractivity contribution in [1.29, 1.82) is 0 Å². The molecule has 1 aliphatic rings. The molecule has 0 bridgehead atoms. The van der Waals surface area contributed by atoms with Gasteiger partial charge in [0.2, 0.25) is 0 Å². The smallest absolute Gasteiger partial charge is 0.250 e. The fourth-order valence-corrected chi connectivity index (χ4v) is 4.45. The maximum atomic E-state index is 12.2. The van der Waals surface area contributed by atoms with E-state index in [4.69, 9.17) is 15.2 Å². The molecule has 1 aliphatic heterocycles. The molecule has 36 heavy (non-hydrogen) atoms. The minimum absolute atomic E-state index is 0.0813. The largest absolute Gasteiger partial charge is 0.492 e. The molecular weight excluding hydrogens is 454 g/mol. The summed E-state index contributed by atoms with van der Waals surface area (Å²) in [7, 11) is 1.85. The van der Waals surface area contributed by atoms with Crippen LogP contribution >= 0.6 is 0 Å². The van der Waals surface area contributed by atoms with Crippen LogP contribution in [0.4, 0.5) is 0 Å². The number of hydrogen-bond acceptors (Lipinski definition) is 6. The normalized spacial score (nSPS) is 17.1. The number of aromatic nitrogens is 3. The van der Waals surface area contributed by atoms with Crippen LogP contribution in [-0.2, 0) is 13.7 Å². The summed E-state index contributed by atoms with van der Waals surface area (Å²) < 4.78 is 13.6. The van der Waals surface area contributed by atoms with Crippen molar-refractivity contribution in [2.75, 3.05) is 13.2 Å². The molecule has 8 nitrogen and oxygen atoms in total. The van der Waals surface area contributed by atoms with Gasteiger partial charge in [-0.3, -0.25) is 14.5 Å². The lowest BCUT2D eigenvalue weighted by Gasteiger charge is -2.15. The zero-order chi connectivity index (χ0) is 24.9. The molecule has 0 spiro atoms. The standard InChI is InChI=1S/C28H29N5O3/c1-33-16-22(15-32-33)20-12-26(28(29)34)27(31-13-20)21-11-23(30-14-21)18-36-25-9-7-24(8-10-25)35-17-19-5-3-2-4-6-19/h2-10,12-13,15-16,21,23,30H,11,14,17-18H2,1H3,(H2,29,34)/t21-,23-/m0/s1. The van der Waals surface area contributed by atoms with Crippen LogP contribution in [0.25, 0.3) is 11.1 Å². The molecule has 1 saturated heterocycles. The van der Waals surface area contributed by atoms with Crippen molar-refractivity contribution in [3.63, 3.8) is 0 Å². The zero-order valence-electron chi connectivity index (χ0n) is 20.1. The van der Waals surface area contributed by atoms with Crippen molar-refractivity contribution < 1.29 is 14.3 Å². The SMILES string of the molecule is Cn1cc(-c2cnc([C@@H]3CN[C@H](COc4ccc(OCc5ccccc5)cc4)C3)c(C(N)=O)c2)cn1. The average Bonchev–Trinajstić information content (AvgIpc) is 3.56. The summed E-state index contributed by atoms with van der Waals surface area (Å²) >= 11 is 0. The highest BCUT2D eigenvalue weighted by Gasteiger charge is 2.30. The Bertz CT molecular complexity index is 1320. The molecule has 2 atom stereocenters. The van der Waals surface area contributed by atoms with Gasteiger partial charge in [0.1, 0.15) is 24.7 Å². The van der Waals surface area contributed by atoms with E-state index in [2.05, 4.69) is 15.4 Å². The number of primary amides is 1. The lowest BCUT2D eigenvalue weighted by Crippen LogP contribution is -2.28. The lowest BCUT2D eigenvalue weighted by molar-refractivity contribution is 0.0998. The molecule has 2 aromatic carbocycles. The number of carbonyl (C=O) groups excluding carboxylic acids is 1. The molecule has 8 heteroatoms. The van der Waals surface area contributed by atoms with Crippen molar-refractivity contribution in [3.05, 3.63) is 96.1 Å². The molecule has 5 rings (SSSR count). The van der Waals surface area contributed by atoms with Crippen LogP contribution in [0.2, 0.25) is 0 Å². The summed E-state index contributed by atoms with van der Waals surface area (Å²) in [6.07, 6.45) is 6.21. The Kier molecular flexibility index (Phi) is 6.95. The molecule has 2 aromatic heterocycles. The summed E-state index contributed by atoms with van der Waals surface area (Å²) in [5.74, 6) is 1.18. The quantitative estimate of drug-likeness (QED) is 0.376. The first-order chi connectivity index (χ1) is 17.5. The van der Waals surface area contributed by atoms with Gasteiger partial charge in [0.05, 0.1) is 17.5 Å². The maximum absolute atomic E-state index is 12.2. The number of nitrogens with zero attached hydrogens (tertiary/aromatic N) is 3. The van der Waals surface area contributed by atoms with Crippen LogP contribution in [0.1, 0.15) is 34.0 Å². The molecule has 1 fully saturated rings. The number of pyridine rings is 1. The fraction of sp³-hybridized carbons (Fsp3) is 0.250. The fourth-order valence-electron chi connectivity index (χ4n) is 4.45. The van der Waals surface area contributed by atoms with Crippen LogP contribution in [0, 0.1) is 0 Å². The molecule has 0 unspecified atom stereocenters. The summed E-state index contributed by atoms with van der Waals surface area (Å²) in [6.45, 7) is 1.75. The predicted octanol–water partition coefficient (Wildman–Crippen LogP) is 3.68. The summed E-state index contributed by atoms with van der Waals surface area (Å²) in [6, 6.07) is 19.7. The summed E-state index contributed by atoms with van der Waals surface area (Å²) in [4.78, 5) is 16.9. The first-order valence-corrected chi connectivity index (χ1v) is 12.0. The number of nitrogens with one attached hydrogen (secondary N) is 1. The van der Waals surface area contributed by atoms with Gasteiger partial charge in [-0.25, -0.2) is 0 Å². The number of amides is 1. The average molecular weight is 484 g/mol. The Morgan fingerprint density at radius 3 is 2.50 bits per heavy atom. The molecule has 0 radical (unpaired) electrons. The highest BCUT2D eigenvalue weighted by molar-refractivity contribution is 5.95. The summed E-state index contributed by atoms with van der Waals surface area (Å²) in [5.41, 5.74) is 9.74. The monoisotopic (exact) mass is 483 g/mol. The van der Waals surface area contributed by atoms with Crippen molar-refractivity contribution >= 4 is 5.91 Å².